The van der Waals surface area contributed by atoms with Crippen LogP contribution in [-0.4, -0.2) is 87.2 Å². The lowest BCUT2D eigenvalue weighted by Crippen LogP contribution is -2.47. The molecule has 8 heteroatoms. The van der Waals surface area contributed by atoms with E-state index < -0.39 is 0 Å². The SMILES string of the molecule is CCNC(=NCCCN1CCN(c2ccccc2F)CC1)N1CCC(C(=O)OCC)CC1. The van der Waals surface area contributed by atoms with E-state index >= 15 is 0 Å². The van der Waals surface area contributed by atoms with Gasteiger partial charge in [0, 0.05) is 58.9 Å². The van der Waals surface area contributed by atoms with Crippen molar-refractivity contribution >= 4 is 17.6 Å². The first-order valence-corrected chi connectivity index (χ1v) is 12.0. The van der Waals surface area contributed by atoms with E-state index in [-0.39, 0.29) is 17.7 Å². The van der Waals surface area contributed by atoms with Crippen LogP contribution in [0.3, 0.4) is 0 Å². The summed E-state index contributed by atoms with van der Waals surface area (Å²) in [6.45, 7) is 12.2. The Bertz CT molecular complexity index is 744. The molecule has 0 unspecified atom stereocenters. The number of rotatable bonds is 8. The van der Waals surface area contributed by atoms with Gasteiger partial charge in [-0.25, -0.2) is 4.39 Å². The highest BCUT2D eigenvalue weighted by Crippen LogP contribution is 2.20. The maximum absolute atomic E-state index is 14.0. The third kappa shape index (κ3) is 6.82. The van der Waals surface area contributed by atoms with E-state index in [1.807, 2.05) is 19.1 Å². The Kier molecular flexibility index (Phi) is 9.59. The lowest BCUT2D eigenvalue weighted by molar-refractivity contribution is -0.149. The maximum Gasteiger partial charge on any atom is 0.309 e. The monoisotopic (exact) mass is 447 g/mol. The predicted octanol–water partition coefficient (Wildman–Crippen LogP) is 2.58. The smallest absolute Gasteiger partial charge is 0.309 e. The Morgan fingerprint density at radius 2 is 1.84 bits per heavy atom. The summed E-state index contributed by atoms with van der Waals surface area (Å²) >= 11 is 0. The van der Waals surface area contributed by atoms with Crippen LogP contribution in [0.1, 0.15) is 33.1 Å². The van der Waals surface area contributed by atoms with E-state index in [1.165, 1.54) is 6.07 Å². The van der Waals surface area contributed by atoms with E-state index in [4.69, 9.17) is 9.73 Å². The number of benzene rings is 1. The highest BCUT2D eigenvalue weighted by Gasteiger charge is 2.27. The summed E-state index contributed by atoms with van der Waals surface area (Å²) in [4.78, 5) is 23.6. The van der Waals surface area contributed by atoms with Gasteiger partial charge in [-0.15, -0.1) is 0 Å². The van der Waals surface area contributed by atoms with Gasteiger partial charge in [0.1, 0.15) is 5.82 Å². The van der Waals surface area contributed by atoms with Crippen molar-refractivity contribution in [2.75, 3.05) is 70.4 Å². The van der Waals surface area contributed by atoms with Gasteiger partial charge < -0.3 is 19.9 Å². The summed E-state index contributed by atoms with van der Waals surface area (Å²) in [5, 5.41) is 3.39. The third-order valence-corrected chi connectivity index (χ3v) is 6.21. The molecule has 1 aromatic carbocycles. The number of likely N-dealkylation sites (tertiary alicyclic amines) is 1. The first-order chi connectivity index (χ1) is 15.6. The second-order valence-electron chi connectivity index (χ2n) is 8.38. The minimum atomic E-state index is -0.141. The molecule has 178 valence electrons. The quantitative estimate of drug-likeness (QED) is 0.286. The van der Waals surface area contributed by atoms with Gasteiger partial charge in [0.2, 0.25) is 0 Å². The summed E-state index contributed by atoms with van der Waals surface area (Å²) < 4.78 is 19.2. The molecule has 0 amide bonds. The fourth-order valence-electron chi connectivity index (χ4n) is 4.41. The van der Waals surface area contributed by atoms with Crippen molar-refractivity contribution in [1.29, 1.82) is 0 Å². The summed E-state index contributed by atoms with van der Waals surface area (Å²) in [5.41, 5.74) is 0.707. The molecule has 0 aromatic heterocycles. The van der Waals surface area contributed by atoms with Crippen LogP contribution in [0.5, 0.6) is 0 Å². The minimum absolute atomic E-state index is 0.0112. The van der Waals surface area contributed by atoms with Gasteiger partial charge in [0.15, 0.2) is 5.96 Å². The zero-order valence-corrected chi connectivity index (χ0v) is 19.6. The summed E-state index contributed by atoms with van der Waals surface area (Å²) in [6.07, 6.45) is 2.62. The number of esters is 1. The number of nitrogens with one attached hydrogen (secondary N) is 1. The first kappa shape index (κ1) is 24.3. The van der Waals surface area contributed by atoms with Gasteiger partial charge >= 0.3 is 5.97 Å². The van der Waals surface area contributed by atoms with Crippen LogP contribution in [0.2, 0.25) is 0 Å². The second kappa shape index (κ2) is 12.6. The number of para-hydroxylation sites is 1. The minimum Gasteiger partial charge on any atom is -0.466 e. The van der Waals surface area contributed by atoms with Crippen LogP contribution < -0.4 is 10.2 Å². The number of carbonyl (C=O) groups is 1. The molecular formula is C24H38FN5O2. The number of hydrogen-bond acceptors (Lipinski definition) is 5. The molecule has 1 aromatic rings. The highest BCUT2D eigenvalue weighted by molar-refractivity contribution is 5.80. The predicted molar refractivity (Wildman–Crippen MR) is 127 cm³/mol. The van der Waals surface area contributed by atoms with E-state index in [0.29, 0.717) is 12.3 Å². The van der Waals surface area contributed by atoms with Gasteiger partial charge in [0.25, 0.3) is 0 Å². The fraction of sp³-hybridized carbons (Fsp3) is 0.667. The Morgan fingerprint density at radius 3 is 2.50 bits per heavy atom. The van der Waals surface area contributed by atoms with Crippen molar-refractivity contribution < 1.29 is 13.9 Å². The van der Waals surface area contributed by atoms with Crippen molar-refractivity contribution in [3.8, 4) is 0 Å². The van der Waals surface area contributed by atoms with E-state index in [2.05, 4.69) is 26.9 Å². The van der Waals surface area contributed by atoms with Crippen LogP contribution in [0.4, 0.5) is 10.1 Å². The number of carbonyl (C=O) groups excluding carboxylic acids is 1. The summed E-state index contributed by atoms with van der Waals surface area (Å²) in [5.74, 6) is 0.748. The summed E-state index contributed by atoms with van der Waals surface area (Å²) in [6, 6.07) is 7.02. The molecule has 0 bridgehead atoms. The molecule has 0 spiro atoms. The van der Waals surface area contributed by atoms with Crippen LogP contribution in [0.25, 0.3) is 0 Å². The second-order valence-corrected chi connectivity index (χ2v) is 8.38. The van der Waals surface area contributed by atoms with Gasteiger partial charge in [-0.3, -0.25) is 14.7 Å². The van der Waals surface area contributed by atoms with Crippen molar-refractivity contribution in [2.24, 2.45) is 10.9 Å². The van der Waals surface area contributed by atoms with Crippen molar-refractivity contribution in [2.45, 2.75) is 33.1 Å². The molecule has 2 heterocycles. The molecule has 0 aliphatic carbocycles. The Morgan fingerprint density at radius 1 is 1.12 bits per heavy atom. The Hall–Kier alpha value is -2.35. The number of halogens is 1. The standard InChI is InChI=1S/C24H38FN5O2/c1-3-26-24(30-14-10-20(11-15-30)23(31)32-4-2)27-12-7-13-28-16-18-29(19-17-28)22-9-6-5-8-21(22)25/h5-6,8-9,20H,3-4,7,10-19H2,1-2H3,(H,26,27). The average molecular weight is 448 g/mol. The Labute approximate surface area is 191 Å². The number of piperidine rings is 1. The number of hydrogen-bond donors (Lipinski definition) is 1. The molecule has 3 rings (SSSR count). The van der Waals surface area contributed by atoms with Crippen molar-refractivity contribution in [3.05, 3.63) is 30.1 Å². The molecular weight excluding hydrogens is 409 g/mol. The average Bonchev–Trinajstić information content (AvgIpc) is 2.82. The number of anilines is 1. The Balaban J connectivity index is 1.39. The molecule has 0 atom stereocenters. The normalized spacial score (nSPS) is 18.7. The number of aliphatic imine (C=N–C) groups is 1. The lowest BCUT2D eigenvalue weighted by Gasteiger charge is -2.36. The molecule has 2 aliphatic rings. The van der Waals surface area contributed by atoms with Crippen LogP contribution in [0.15, 0.2) is 29.3 Å². The van der Waals surface area contributed by atoms with E-state index in [1.54, 1.807) is 6.07 Å². The van der Waals surface area contributed by atoms with E-state index in [9.17, 15) is 9.18 Å². The molecule has 32 heavy (non-hydrogen) atoms. The number of nitrogens with zero attached hydrogens (tertiary/aromatic N) is 4. The molecule has 2 aliphatic heterocycles. The largest absolute Gasteiger partial charge is 0.466 e. The third-order valence-electron chi connectivity index (χ3n) is 6.21. The van der Waals surface area contributed by atoms with Crippen LogP contribution >= 0.6 is 0 Å². The van der Waals surface area contributed by atoms with Crippen LogP contribution in [-0.2, 0) is 9.53 Å². The molecule has 7 nitrogen and oxygen atoms in total. The van der Waals surface area contributed by atoms with Gasteiger partial charge in [-0.1, -0.05) is 12.1 Å². The molecule has 0 saturated carbocycles. The number of piperazine rings is 1. The topological polar surface area (TPSA) is 60.4 Å². The summed E-state index contributed by atoms with van der Waals surface area (Å²) in [7, 11) is 0. The number of guanidine groups is 1. The van der Waals surface area contributed by atoms with Gasteiger partial charge in [-0.05, 0) is 45.2 Å². The highest BCUT2D eigenvalue weighted by atomic mass is 19.1. The van der Waals surface area contributed by atoms with Gasteiger partial charge in [0.05, 0.1) is 18.2 Å². The molecule has 0 radical (unpaired) electrons. The lowest BCUT2D eigenvalue weighted by atomic mass is 9.97. The molecule has 2 fully saturated rings. The number of ether oxygens (including phenoxy) is 1. The van der Waals surface area contributed by atoms with Crippen molar-refractivity contribution in [3.63, 3.8) is 0 Å². The molecule has 1 N–H and O–H groups in total. The van der Waals surface area contributed by atoms with Crippen molar-refractivity contribution in [1.82, 2.24) is 15.1 Å². The zero-order valence-electron chi connectivity index (χ0n) is 19.6. The zero-order chi connectivity index (χ0) is 22.8. The van der Waals surface area contributed by atoms with Crippen LogP contribution in [0, 0.1) is 11.7 Å². The van der Waals surface area contributed by atoms with E-state index in [0.717, 1.165) is 84.1 Å². The van der Waals surface area contributed by atoms with Gasteiger partial charge in [-0.2, -0.15) is 0 Å². The molecule has 2 saturated heterocycles. The fourth-order valence-corrected chi connectivity index (χ4v) is 4.41. The maximum atomic E-state index is 14.0. The first-order valence-electron chi connectivity index (χ1n) is 12.0.